The molecule has 0 aliphatic carbocycles. The lowest BCUT2D eigenvalue weighted by Crippen LogP contribution is -1.98. The van der Waals surface area contributed by atoms with Crippen LogP contribution in [0, 0.1) is 11.7 Å². The number of hydrogen-bond acceptors (Lipinski definition) is 0. The van der Waals surface area contributed by atoms with Crippen LogP contribution in [0.25, 0.3) is 0 Å². The number of hydrogen-bond donors (Lipinski definition) is 0. The van der Waals surface area contributed by atoms with Crippen molar-refractivity contribution in [2.75, 3.05) is 0 Å². The van der Waals surface area contributed by atoms with Crippen LogP contribution in [0.2, 0.25) is 0 Å². The normalized spacial score (nSPS) is 13.3. The van der Waals surface area contributed by atoms with Crippen molar-refractivity contribution in [2.24, 2.45) is 5.92 Å². The monoisotopic (exact) mass is 180 g/mol. The molecule has 0 spiro atoms. The smallest absolute Gasteiger partial charge is 0.123 e. The Morgan fingerprint density at radius 1 is 1.08 bits per heavy atom. The molecule has 0 saturated heterocycles. The van der Waals surface area contributed by atoms with Crippen LogP contribution in [0.5, 0.6) is 0 Å². The van der Waals surface area contributed by atoms with Crippen molar-refractivity contribution in [1.82, 2.24) is 0 Å². The van der Waals surface area contributed by atoms with E-state index in [0.29, 0.717) is 11.8 Å². The van der Waals surface area contributed by atoms with E-state index in [-0.39, 0.29) is 5.82 Å². The fourth-order valence-electron chi connectivity index (χ4n) is 1.63. The van der Waals surface area contributed by atoms with E-state index in [1.54, 1.807) is 0 Å². The third kappa shape index (κ3) is 3.17. The summed E-state index contributed by atoms with van der Waals surface area (Å²) in [5.41, 5.74) is 1.23. The lowest BCUT2D eigenvalue weighted by Gasteiger charge is -2.13. The second-order valence-corrected chi connectivity index (χ2v) is 4.08. The molecule has 0 aromatic heterocycles. The van der Waals surface area contributed by atoms with Gasteiger partial charge in [0, 0.05) is 0 Å². The maximum Gasteiger partial charge on any atom is 0.123 e. The van der Waals surface area contributed by atoms with Gasteiger partial charge in [-0.15, -0.1) is 0 Å². The summed E-state index contributed by atoms with van der Waals surface area (Å²) in [4.78, 5) is 0. The van der Waals surface area contributed by atoms with Gasteiger partial charge in [0.1, 0.15) is 5.82 Å². The van der Waals surface area contributed by atoms with Crippen LogP contribution in [0.15, 0.2) is 24.3 Å². The van der Waals surface area contributed by atoms with Gasteiger partial charge in [-0.05, 0) is 36.0 Å². The number of benzene rings is 1. The topological polar surface area (TPSA) is 0 Å². The lowest BCUT2D eigenvalue weighted by molar-refractivity contribution is 0.523. The zero-order valence-electron chi connectivity index (χ0n) is 8.55. The molecule has 72 valence electrons. The Morgan fingerprint density at radius 2 is 1.62 bits per heavy atom. The minimum atomic E-state index is -0.152. The molecular weight excluding hydrogens is 163 g/mol. The SMILES string of the molecule is CC(C)CC(C)c1ccc(F)cc1. The van der Waals surface area contributed by atoms with E-state index in [1.807, 2.05) is 12.1 Å². The molecule has 1 aromatic rings. The predicted molar refractivity (Wildman–Crippen MR) is 54.3 cm³/mol. The van der Waals surface area contributed by atoms with Crippen molar-refractivity contribution in [3.8, 4) is 0 Å². The molecule has 0 radical (unpaired) electrons. The average Bonchev–Trinajstić information content (AvgIpc) is 2.04. The van der Waals surface area contributed by atoms with E-state index >= 15 is 0 Å². The highest BCUT2D eigenvalue weighted by Crippen LogP contribution is 2.22. The molecule has 1 aromatic carbocycles. The van der Waals surface area contributed by atoms with E-state index in [1.165, 1.54) is 17.7 Å². The van der Waals surface area contributed by atoms with Gasteiger partial charge in [0.25, 0.3) is 0 Å². The van der Waals surface area contributed by atoms with Crippen LogP contribution in [0.4, 0.5) is 4.39 Å². The summed E-state index contributed by atoms with van der Waals surface area (Å²) < 4.78 is 12.6. The Hall–Kier alpha value is -0.850. The van der Waals surface area contributed by atoms with Crippen molar-refractivity contribution in [1.29, 1.82) is 0 Å². The van der Waals surface area contributed by atoms with E-state index in [9.17, 15) is 4.39 Å². The molecular formula is C12H17F. The first-order chi connectivity index (χ1) is 6.09. The van der Waals surface area contributed by atoms with Gasteiger partial charge in [-0.25, -0.2) is 4.39 Å². The minimum Gasteiger partial charge on any atom is -0.207 e. The maximum absolute atomic E-state index is 12.6. The van der Waals surface area contributed by atoms with Gasteiger partial charge in [-0.3, -0.25) is 0 Å². The highest BCUT2D eigenvalue weighted by molar-refractivity contribution is 5.19. The van der Waals surface area contributed by atoms with E-state index < -0.39 is 0 Å². The summed E-state index contributed by atoms with van der Waals surface area (Å²) in [6.45, 7) is 6.60. The highest BCUT2D eigenvalue weighted by atomic mass is 19.1. The third-order valence-corrected chi connectivity index (χ3v) is 2.26. The van der Waals surface area contributed by atoms with Crippen molar-refractivity contribution in [2.45, 2.75) is 33.1 Å². The number of rotatable bonds is 3. The largest absolute Gasteiger partial charge is 0.207 e. The molecule has 0 heterocycles. The Labute approximate surface area is 79.8 Å². The summed E-state index contributed by atoms with van der Waals surface area (Å²) >= 11 is 0. The average molecular weight is 180 g/mol. The first-order valence-electron chi connectivity index (χ1n) is 4.85. The summed E-state index contributed by atoms with van der Waals surface area (Å²) in [5, 5.41) is 0. The van der Waals surface area contributed by atoms with Gasteiger partial charge in [0.15, 0.2) is 0 Å². The molecule has 0 aliphatic rings. The van der Waals surface area contributed by atoms with E-state index in [0.717, 1.165) is 6.42 Å². The van der Waals surface area contributed by atoms with Crippen LogP contribution in [0.1, 0.15) is 38.7 Å². The van der Waals surface area contributed by atoms with E-state index in [2.05, 4.69) is 20.8 Å². The van der Waals surface area contributed by atoms with Crippen LogP contribution in [-0.2, 0) is 0 Å². The fourth-order valence-corrected chi connectivity index (χ4v) is 1.63. The number of halogens is 1. The highest BCUT2D eigenvalue weighted by Gasteiger charge is 2.07. The van der Waals surface area contributed by atoms with Crippen LogP contribution in [0.3, 0.4) is 0 Å². The van der Waals surface area contributed by atoms with Crippen LogP contribution < -0.4 is 0 Å². The molecule has 0 saturated carbocycles. The molecule has 0 nitrogen and oxygen atoms in total. The Kier molecular flexibility index (Phi) is 3.47. The Balaban J connectivity index is 2.66. The summed E-state index contributed by atoms with van der Waals surface area (Å²) in [6, 6.07) is 6.82. The van der Waals surface area contributed by atoms with E-state index in [4.69, 9.17) is 0 Å². The first-order valence-corrected chi connectivity index (χ1v) is 4.85. The van der Waals surface area contributed by atoms with Gasteiger partial charge in [0.05, 0.1) is 0 Å². The molecule has 1 unspecified atom stereocenters. The van der Waals surface area contributed by atoms with Crippen molar-refractivity contribution in [3.63, 3.8) is 0 Å². The Morgan fingerprint density at radius 3 is 2.08 bits per heavy atom. The molecule has 13 heavy (non-hydrogen) atoms. The third-order valence-electron chi connectivity index (χ3n) is 2.26. The van der Waals surface area contributed by atoms with Crippen molar-refractivity contribution >= 4 is 0 Å². The first kappa shape index (κ1) is 10.2. The molecule has 1 heteroatoms. The lowest BCUT2D eigenvalue weighted by atomic mass is 9.92. The van der Waals surface area contributed by atoms with Gasteiger partial charge in [-0.2, -0.15) is 0 Å². The Bertz CT molecular complexity index is 248. The second kappa shape index (κ2) is 4.40. The molecule has 0 bridgehead atoms. The minimum absolute atomic E-state index is 0.152. The molecule has 0 N–H and O–H groups in total. The van der Waals surface area contributed by atoms with Gasteiger partial charge in [0.2, 0.25) is 0 Å². The van der Waals surface area contributed by atoms with Crippen LogP contribution in [-0.4, -0.2) is 0 Å². The standard InChI is InChI=1S/C12H17F/c1-9(2)8-10(3)11-4-6-12(13)7-5-11/h4-7,9-10H,8H2,1-3H3. The zero-order valence-corrected chi connectivity index (χ0v) is 8.55. The maximum atomic E-state index is 12.6. The van der Waals surface area contributed by atoms with Gasteiger partial charge >= 0.3 is 0 Å². The molecule has 0 amide bonds. The quantitative estimate of drug-likeness (QED) is 0.660. The summed E-state index contributed by atoms with van der Waals surface area (Å²) in [7, 11) is 0. The van der Waals surface area contributed by atoms with Crippen molar-refractivity contribution < 1.29 is 4.39 Å². The van der Waals surface area contributed by atoms with Crippen molar-refractivity contribution in [3.05, 3.63) is 35.6 Å². The molecule has 1 atom stereocenters. The second-order valence-electron chi connectivity index (χ2n) is 4.08. The molecule has 1 rings (SSSR count). The summed E-state index contributed by atoms with van der Waals surface area (Å²) in [6.07, 6.45) is 1.16. The van der Waals surface area contributed by atoms with Crippen LogP contribution >= 0.6 is 0 Å². The zero-order chi connectivity index (χ0) is 9.84. The predicted octanol–water partition coefficient (Wildman–Crippen LogP) is 3.98. The fraction of sp³-hybridized carbons (Fsp3) is 0.500. The van der Waals surface area contributed by atoms with Gasteiger partial charge in [-0.1, -0.05) is 32.9 Å². The molecule has 0 fully saturated rings. The summed E-state index contributed by atoms with van der Waals surface area (Å²) in [5.74, 6) is 1.07. The molecule has 0 aliphatic heterocycles. The van der Waals surface area contributed by atoms with Gasteiger partial charge < -0.3 is 0 Å².